The van der Waals surface area contributed by atoms with Gasteiger partial charge in [0.05, 0.1) is 22.8 Å². The lowest BCUT2D eigenvalue weighted by Crippen LogP contribution is -2.50. The number of hydrogen-bond acceptors (Lipinski definition) is 4. The van der Waals surface area contributed by atoms with E-state index in [0.717, 1.165) is 68.2 Å². The lowest BCUT2D eigenvalue weighted by atomic mass is 9.78. The van der Waals surface area contributed by atoms with Crippen LogP contribution < -0.4 is 4.90 Å². The number of carbonyl (C=O) groups excluding carboxylic acids is 1. The highest BCUT2D eigenvalue weighted by Gasteiger charge is 2.50. The van der Waals surface area contributed by atoms with Crippen molar-refractivity contribution in [3.05, 3.63) is 28.2 Å². The largest absolute Gasteiger partial charge is 0.393 e. The van der Waals surface area contributed by atoms with Gasteiger partial charge in [0.2, 0.25) is 5.91 Å². The molecule has 27 heavy (non-hydrogen) atoms. The van der Waals surface area contributed by atoms with E-state index in [0.29, 0.717) is 18.0 Å². The molecule has 4 rings (SSSR count). The van der Waals surface area contributed by atoms with Crippen LogP contribution in [0.3, 0.4) is 0 Å². The third-order valence-electron chi connectivity index (χ3n) is 6.65. The number of nitriles is 1. The van der Waals surface area contributed by atoms with Crippen LogP contribution in [0.25, 0.3) is 0 Å². The van der Waals surface area contributed by atoms with Gasteiger partial charge in [-0.2, -0.15) is 5.26 Å². The quantitative estimate of drug-likeness (QED) is 0.778. The molecule has 3 fully saturated rings. The molecule has 1 spiro atoms. The maximum atomic E-state index is 13.4. The van der Waals surface area contributed by atoms with Gasteiger partial charge in [-0.3, -0.25) is 4.79 Å². The smallest absolute Gasteiger partial charge is 0.230 e. The normalized spacial score (nSPS) is 31.4. The van der Waals surface area contributed by atoms with Gasteiger partial charge >= 0.3 is 0 Å². The van der Waals surface area contributed by atoms with Crippen LogP contribution in [-0.2, 0) is 4.79 Å². The van der Waals surface area contributed by atoms with E-state index in [2.05, 4.69) is 31.8 Å². The molecule has 3 aliphatic rings. The monoisotopic (exact) mass is 431 g/mol. The fourth-order valence-corrected chi connectivity index (χ4v) is 5.49. The minimum atomic E-state index is -0.316. The molecular weight excluding hydrogens is 406 g/mol. The van der Waals surface area contributed by atoms with Crippen molar-refractivity contribution in [3.8, 4) is 6.07 Å². The Balaban J connectivity index is 1.54. The van der Waals surface area contributed by atoms with Gasteiger partial charge in [0, 0.05) is 30.1 Å². The molecule has 1 aromatic rings. The number of aliphatic hydroxyl groups is 1. The lowest BCUT2D eigenvalue weighted by Gasteiger charge is -2.41. The standard InChI is InChI=1S/C21H26BrN3O2/c22-16-3-2-15(13-23)19(12-16)24-10-1-8-21(14-24)9-11-25(20(21)27)17-4-6-18(26)7-5-17/h2-3,12,17-18,26H,1,4-11,14H2/t17-,18-,21-/m1/s1. The molecule has 2 heterocycles. The number of halogens is 1. The molecule has 1 atom stereocenters. The Morgan fingerprint density at radius 2 is 1.96 bits per heavy atom. The third-order valence-corrected chi connectivity index (χ3v) is 7.14. The summed E-state index contributed by atoms with van der Waals surface area (Å²) in [6.07, 6.45) is 6.04. The molecule has 1 aromatic carbocycles. The average Bonchev–Trinajstić information content (AvgIpc) is 2.98. The summed E-state index contributed by atoms with van der Waals surface area (Å²) in [5.41, 5.74) is 1.28. The van der Waals surface area contributed by atoms with Crippen LogP contribution in [0.15, 0.2) is 22.7 Å². The number of benzene rings is 1. The van der Waals surface area contributed by atoms with Crippen molar-refractivity contribution in [2.24, 2.45) is 5.41 Å². The minimum Gasteiger partial charge on any atom is -0.393 e. The van der Waals surface area contributed by atoms with Gasteiger partial charge in [-0.15, -0.1) is 0 Å². The van der Waals surface area contributed by atoms with Crippen LogP contribution >= 0.6 is 15.9 Å². The van der Waals surface area contributed by atoms with E-state index in [-0.39, 0.29) is 17.6 Å². The Morgan fingerprint density at radius 1 is 1.19 bits per heavy atom. The van der Waals surface area contributed by atoms with Crippen molar-refractivity contribution < 1.29 is 9.90 Å². The topological polar surface area (TPSA) is 67.6 Å². The van der Waals surface area contributed by atoms with E-state index in [1.54, 1.807) is 0 Å². The highest BCUT2D eigenvalue weighted by atomic mass is 79.9. The number of likely N-dealkylation sites (tertiary alicyclic amines) is 1. The minimum absolute atomic E-state index is 0.195. The van der Waals surface area contributed by atoms with Gasteiger partial charge in [-0.05, 0) is 63.1 Å². The van der Waals surface area contributed by atoms with Crippen molar-refractivity contribution >= 4 is 27.5 Å². The number of anilines is 1. The zero-order chi connectivity index (χ0) is 19.0. The number of rotatable bonds is 2. The van der Waals surface area contributed by atoms with Gasteiger partial charge in [-0.25, -0.2) is 0 Å². The number of aliphatic hydroxyl groups excluding tert-OH is 1. The predicted octanol–water partition coefficient (Wildman–Crippen LogP) is 3.44. The van der Waals surface area contributed by atoms with E-state index >= 15 is 0 Å². The summed E-state index contributed by atoms with van der Waals surface area (Å²) in [4.78, 5) is 17.8. The zero-order valence-electron chi connectivity index (χ0n) is 15.5. The number of hydrogen-bond donors (Lipinski definition) is 1. The number of piperidine rings is 1. The summed E-state index contributed by atoms with van der Waals surface area (Å²) in [7, 11) is 0. The Bertz CT molecular complexity index is 769. The molecule has 1 amide bonds. The second kappa shape index (κ2) is 7.44. The Hall–Kier alpha value is -1.58. The summed E-state index contributed by atoms with van der Waals surface area (Å²) in [5, 5.41) is 19.3. The number of carbonyl (C=O) groups is 1. The van der Waals surface area contributed by atoms with Crippen molar-refractivity contribution in [3.63, 3.8) is 0 Å². The summed E-state index contributed by atoms with van der Waals surface area (Å²) in [6.45, 7) is 2.41. The molecule has 2 aliphatic heterocycles. The first-order valence-corrected chi connectivity index (χ1v) is 10.8. The SMILES string of the molecule is N#Cc1ccc(Br)cc1N1CCC[C@@]2(CCN([C@H]3CC[C@H](O)CC3)C2=O)C1. The van der Waals surface area contributed by atoms with Crippen LogP contribution in [-0.4, -0.2) is 47.7 Å². The fraction of sp³-hybridized carbons (Fsp3) is 0.619. The molecule has 0 radical (unpaired) electrons. The molecule has 0 bridgehead atoms. The molecule has 1 saturated carbocycles. The summed E-state index contributed by atoms with van der Waals surface area (Å²) in [6, 6.07) is 8.31. The lowest BCUT2D eigenvalue weighted by molar-refractivity contribution is -0.139. The Labute approximate surface area is 169 Å². The molecule has 1 N–H and O–H groups in total. The first-order valence-electron chi connectivity index (χ1n) is 9.96. The second-order valence-corrected chi connectivity index (χ2v) is 9.21. The van der Waals surface area contributed by atoms with E-state index < -0.39 is 0 Å². The van der Waals surface area contributed by atoms with Crippen LogP contribution in [0, 0.1) is 16.7 Å². The Kier molecular flexibility index (Phi) is 5.17. The molecule has 0 aromatic heterocycles. The molecule has 1 aliphatic carbocycles. The second-order valence-electron chi connectivity index (χ2n) is 8.29. The average molecular weight is 432 g/mol. The first-order chi connectivity index (χ1) is 13.0. The van der Waals surface area contributed by atoms with Crippen molar-refractivity contribution in [1.82, 2.24) is 4.90 Å². The van der Waals surface area contributed by atoms with Crippen LogP contribution in [0.5, 0.6) is 0 Å². The number of nitrogens with zero attached hydrogens (tertiary/aromatic N) is 3. The summed E-state index contributed by atoms with van der Waals surface area (Å²) >= 11 is 3.51. The maximum absolute atomic E-state index is 13.4. The molecule has 2 saturated heterocycles. The van der Waals surface area contributed by atoms with Crippen LogP contribution in [0.2, 0.25) is 0 Å². The highest BCUT2D eigenvalue weighted by molar-refractivity contribution is 9.10. The number of amides is 1. The first kappa shape index (κ1) is 18.8. The highest BCUT2D eigenvalue weighted by Crippen LogP contribution is 2.44. The fourth-order valence-electron chi connectivity index (χ4n) is 5.14. The Morgan fingerprint density at radius 3 is 2.70 bits per heavy atom. The van der Waals surface area contributed by atoms with E-state index in [1.807, 2.05) is 18.2 Å². The predicted molar refractivity (Wildman–Crippen MR) is 107 cm³/mol. The zero-order valence-corrected chi connectivity index (χ0v) is 17.1. The van der Waals surface area contributed by atoms with E-state index in [1.165, 1.54) is 0 Å². The molecule has 144 valence electrons. The van der Waals surface area contributed by atoms with Crippen molar-refractivity contribution in [2.45, 2.75) is 57.1 Å². The van der Waals surface area contributed by atoms with Gasteiger partial charge in [0.1, 0.15) is 6.07 Å². The third kappa shape index (κ3) is 3.48. The summed E-state index contributed by atoms with van der Waals surface area (Å²) in [5.74, 6) is 0.294. The maximum Gasteiger partial charge on any atom is 0.230 e. The van der Waals surface area contributed by atoms with Gasteiger partial charge in [-0.1, -0.05) is 15.9 Å². The van der Waals surface area contributed by atoms with Crippen LogP contribution in [0.4, 0.5) is 5.69 Å². The van der Waals surface area contributed by atoms with Gasteiger partial charge in [0.25, 0.3) is 0 Å². The van der Waals surface area contributed by atoms with Crippen LogP contribution in [0.1, 0.15) is 50.5 Å². The summed E-state index contributed by atoms with van der Waals surface area (Å²) < 4.78 is 0.955. The molecular formula is C21H26BrN3O2. The van der Waals surface area contributed by atoms with E-state index in [4.69, 9.17) is 0 Å². The molecule has 6 heteroatoms. The van der Waals surface area contributed by atoms with Crippen molar-refractivity contribution in [1.29, 1.82) is 5.26 Å². The van der Waals surface area contributed by atoms with Gasteiger partial charge < -0.3 is 14.9 Å². The molecule has 5 nitrogen and oxygen atoms in total. The van der Waals surface area contributed by atoms with Gasteiger partial charge in [0.15, 0.2) is 0 Å². The van der Waals surface area contributed by atoms with Crippen molar-refractivity contribution in [2.75, 3.05) is 24.5 Å². The van der Waals surface area contributed by atoms with E-state index in [9.17, 15) is 15.2 Å². The molecule has 0 unspecified atom stereocenters.